The van der Waals surface area contributed by atoms with Gasteiger partial charge < -0.3 is 19.5 Å². The van der Waals surface area contributed by atoms with E-state index in [0.29, 0.717) is 51.0 Å². The summed E-state index contributed by atoms with van der Waals surface area (Å²) in [6.45, 7) is 3.03. The van der Waals surface area contributed by atoms with Gasteiger partial charge in [-0.2, -0.15) is 4.98 Å². The zero-order valence-corrected chi connectivity index (χ0v) is 17.6. The van der Waals surface area contributed by atoms with Gasteiger partial charge in [-0.3, -0.25) is 0 Å². The summed E-state index contributed by atoms with van der Waals surface area (Å²) in [6, 6.07) is 20.2. The van der Waals surface area contributed by atoms with Crippen molar-refractivity contribution in [1.29, 1.82) is 0 Å². The normalized spacial score (nSPS) is 15.9. The van der Waals surface area contributed by atoms with Crippen LogP contribution in [-0.2, 0) is 24.2 Å². The molecule has 0 spiro atoms. The third-order valence-corrected chi connectivity index (χ3v) is 5.42. The van der Waals surface area contributed by atoms with Gasteiger partial charge in [0.05, 0.1) is 19.1 Å². The molecule has 0 saturated carbocycles. The van der Waals surface area contributed by atoms with Crippen LogP contribution in [0.3, 0.4) is 0 Å². The molecule has 1 aliphatic rings. The fraction of sp³-hybridized carbons (Fsp3) is 0.375. The van der Waals surface area contributed by atoms with E-state index in [1.165, 1.54) is 5.56 Å². The first-order chi connectivity index (χ1) is 15.3. The van der Waals surface area contributed by atoms with Gasteiger partial charge in [0.15, 0.2) is 5.82 Å². The van der Waals surface area contributed by atoms with E-state index in [0.717, 1.165) is 18.4 Å². The number of hydrogen-bond acceptors (Lipinski definition) is 5. The van der Waals surface area contributed by atoms with Crippen LogP contribution in [0.25, 0.3) is 0 Å². The molecule has 2 aromatic carbocycles. The lowest BCUT2D eigenvalue weighted by molar-refractivity contribution is 0.122. The Kier molecular flexibility index (Phi) is 7.28. The topological polar surface area (TPSA) is 80.5 Å². The Bertz CT molecular complexity index is 946. The van der Waals surface area contributed by atoms with E-state index in [1.807, 2.05) is 53.4 Å². The van der Waals surface area contributed by atoms with Crippen LogP contribution >= 0.6 is 0 Å². The predicted octanol–water partition coefficient (Wildman–Crippen LogP) is 3.57. The highest BCUT2D eigenvalue weighted by molar-refractivity contribution is 5.74. The van der Waals surface area contributed by atoms with E-state index in [2.05, 4.69) is 27.6 Å². The molecule has 1 fully saturated rings. The van der Waals surface area contributed by atoms with Gasteiger partial charge in [0.25, 0.3) is 0 Å². The quantitative estimate of drug-likeness (QED) is 0.535. The van der Waals surface area contributed by atoms with Crippen molar-refractivity contribution in [2.24, 2.45) is 0 Å². The Labute approximate surface area is 182 Å². The fourth-order valence-electron chi connectivity index (χ4n) is 3.68. The maximum atomic E-state index is 12.4. The number of hydrogen-bond donors (Lipinski definition) is 1. The fourth-order valence-corrected chi connectivity index (χ4v) is 3.68. The molecule has 1 atom stereocenters. The molecule has 162 valence electrons. The third kappa shape index (κ3) is 6.15. The van der Waals surface area contributed by atoms with Gasteiger partial charge in [-0.25, -0.2) is 4.79 Å². The molecule has 7 heteroatoms. The van der Waals surface area contributed by atoms with Crippen LogP contribution in [0.1, 0.15) is 35.2 Å². The monoisotopic (exact) mass is 420 g/mol. The minimum Gasteiger partial charge on any atom is -0.376 e. The molecule has 1 aliphatic heterocycles. The number of nitrogens with one attached hydrogen (secondary N) is 1. The Morgan fingerprint density at radius 3 is 2.58 bits per heavy atom. The van der Waals surface area contributed by atoms with Gasteiger partial charge in [-0.1, -0.05) is 65.8 Å². The van der Waals surface area contributed by atoms with Crippen molar-refractivity contribution in [3.8, 4) is 0 Å². The Hall–Kier alpha value is -3.19. The maximum Gasteiger partial charge on any atom is 0.317 e. The van der Waals surface area contributed by atoms with Gasteiger partial charge in [0, 0.05) is 26.1 Å². The highest BCUT2D eigenvalue weighted by Crippen LogP contribution is 2.26. The van der Waals surface area contributed by atoms with Gasteiger partial charge in [0.1, 0.15) is 0 Å². The van der Waals surface area contributed by atoms with E-state index < -0.39 is 0 Å². The molecular formula is C24H28N4O3. The first-order valence-corrected chi connectivity index (χ1v) is 10.8. The van der Waals surface area contributed by atoms with Crippen molar-refractivity contribution in [1.82, 2.24) is 20.4 Å². The first-order valence-electron chi connectivity index (χ1n) is 10.8. The van der Waals surface area contributed by atoms with Crippen LogP contribution in [0.4, 0.5) is 4.79 Å². The average Bonchev–Trinajstić information content (AvgIpc) is 3.48. The van der Waals surface area contributed by atoms with E-state index in [1.54, 1.807) is 0 Å². The lowest BCUT2D eigenvalue weighted by Gasteiger charge is -2.16. The highest BCUT2D eigenvalue weighted by Gasteiger charge is 2.31. The summed E-state index contributed by atoms with van der Waals surface area (Å²) in [4.78, 5) is 18.8. The van der Waals surface area contributed by atoms with Crippen molar-refractivity contribution in [3.05, 3.63) is 83.5 Å². The van der Waals surface area contributed by atoms with E-state index in [4.69, 9.17) is 9.26 Å². The minimum absolute atomic E-state index is 0.0347. The van der Waals surface area contributed by atoms with Crippen LogP contribution in [0.15, 0.2) is 65.2 Å². The minimum atomic E-state index is -0.0347. The molecule has 1 unspecified atom stereocenters. The zero-order chi connectivity index (χ0) is 21.3. The number of urea groups is 1. The molecule has 3 aromatic rings. The largest absolute Gasteiger partial charge is 0.376 e. The number of rotatable bonds is 9. The molecule has 2 heterocycles. The number of benzene rings is 2. The van der Waals surface area contributed by atoms with E-state index in [9.17, 15) is 4.79 Å². The number of likely N-dealkylation sites (tertiary alicyclic amines) is 1. The number of aromatic nitrogens is 2. The molecule has 1 saturated heterocycles. The lowest BCUT2D eigenvalue weighted by Crippen LogP contribution is -2.39. The van der Waals surface area contributed by atoms with Gasteiger partial charge in [0.2, 0.25) is 5.89 Å². The van der Waals surface area contributed by atoms with Gasteiger partial charge >= 0.3 is 6.03 Å². The molecule has 4 rings (SSSR count). The van der Waals surface area contributed by atoms with Crippen molar-refractivity contribution < 1.29 is 14.1 Å². The number of carbonyl (C=O) groups is 1. The maximum absolute atomic E-state index is 12.4. The number of carbonyl (C=O) groups excluding carboxylic acids is 1. The van der Waals surface area contributed by atoms with Gasteiger partial charge in [-0.15, -0.1) is 0 Å². The van der Waals surface area contributed by atoms with Crippen LogP contribution < -0.4 is 5.32 Å². The van der Waals surface area contributed by atoms with Crippen molar-refractivity contribution in [2.75, 3.05) is 26.2 Å². The predicted molar refractivity (Wildman–Crippen MR) is 117 cm³/mol. The van der Waals surface area contributed by atoms with E-state index in [-0.39, 0.29) is 11.9 Å². The SMILES string of the molecule is O=C(NCCc1ccccc1)N1CCC(c2nc(CCOCc3ccccc3)no2)C1. The highest BCUT2D eigenvalue weighted by atomic mass is 16.5. The van der Waals surface area contributed by atoms with Crippen molar-refractivity contribution in [3.63, 3.8) is 0 Å². The molecule has 0 radical (unpaired) electrons. The second-order valence-electron chi connectivity index (χ2n) is 7.74. The third-order valence-electron chi connectivity index (χ3n) is 5.42. The second kappa shape index (κ2) is 10.7. The summed E-state index contributed by atoms with van der Waals surface area (Å²) in [5, 5.41) is 7.08. The molecule has 0 aliphatic carbocycles. The summed E-state index contributed by atoms with van der Waals surface area (Å²) in [6.07, 6.45) is 2.26. The molecule has 0 bridgehead atoms. The summed E-state index contributed by atoms with van der Waals surface area (Å²) < 4.78 is 11.1. The van der Waals surface area contributed by atoms with Crippen LogP contribution in [0, 0.1) is 0 Å². The van der Waals surface area contributed by atoms with Crippen LogP contribution in [0.5, 0.6) is 0 Å². The first kappa shape index (κ1) is 21.1. The summed E-state index contributed by atoms with van der Waals surface area (Å²) in [7, 11) is 0. The smallest absolute Gasteiger partial charge is 0.317 e. The Morgan fingerprint density at radius 2 is 1.81 bits per heavy atom. The summed E-state index contributed by atoms with van der Waals surface area (Å²) >= 11 is 0. The number of amides is 2. The zero-order valence-electron chi connectivity index (χ0n) is 17.6. The Morgan fingerprint density at radius 1 is 1.06 bits per heavy atom. The lowest BCUT2D eigenvalue weighted by atomic mass is 10.1. The standard InChI is InChI=1S/C24H28N4O3/c29-24(25-14-11-19-7-3-1-4-8-19)28-15-12-21(17-28)23-26-22(27-31-23)13-16-30-18-20-9-5-2-6-10-20/h1-10,21H,11-18H2,(H,25,29). The van der Waals surface area contributed by atoms with E-state index >= 15 is 0 Å². The van der Waals surface area contributed by atoms with Crippen molar-refractivity contribution in [2.45, 2.75) is 31.8 Å². The van der Waals surface area contributed by atoms with Crippen LogP contribution in [-0.4, -0.2) is 47.3 Å². The Balaban J connectivity index is 1.17. The molecular weight excluding hydrogens is 392 g/mol. The number of ether oxygens (including phenoxy) is 1. The second-order valence-corrected chi connectivity index (χ2v) is 7.74. The molecule has 1 N–H and O–H groups in total. The summed E-state index contributed by atoms with van der Waals surface area (Å²) in [5.74, 6) is 1.35. The summed E-state index contributed by atoms with van der Waals surface area (Å²) in [5.41, 5.74) is 2.36. The number of nitrogens with zero attached hydrogens (tertiary/aromatic N) is 3. The molecule has 7 nitrogen and oxygen atoms in total. The molecule has 31 heavy (non-hydrogen) atoms. The molecule has 2 amide bonds. The van der Waals surface area contributed by atoms with Crippen molar-refractivity contribution >= 4 is 6.03 Å². The van der Waals surface area contributed by atoms with Gasteiger partial charge in [-0.05, 0) is 24.0 Å². The van der Waals surface area contributed by atoms with Crippen LogP contribution in [0.2, 0.25) is 0 Å². The molecule has 1 aromatic heterocycles. The average molecular weight is 421 g/mol.